The van der Waals surface area contributed by atoms with Crippen LogP contribution in [0.25, 0.3) is 0 Å². The number of amides is 3. The molecule has 1 aliphatic carbocycles. The van der Waals surface area contributed by atoms with Crippen molar-refractivity contribution in [2.24, 2.45) is 11.7 Å². The summed E-state index contributed by atoms with van der Waals surface area (Å²) in [5.74, 6) is 0.679. The van der Waals surface area contributed by atoms with Gasteiger partial charge >= 0.3 is 6.03 Å². The third kappa shape index (κ3) is 4.85. The second-order valence-electron chi connectivity index (χ2n) is 7.11. The summed E-state index contributed by atoms with van der Waals surface area (Å²) in [5, 5.41) is 0. The monoisotopic (exact) mass is 338 g/mol. The van der Waals surface area contributed by atoms with Gasteiger partial charge in [-0.3, -0.25) is 4.79 Å². The van der Waals surface area contributed by atoms with Gasteiger partial charge in [-0.25, -0.2) is 4.79 Å². The Kier molecular flexibility index (Phi) is 7.34. The molecule has 1 saturated heterocycles. The number of carbonyl (C=O) groups is 2. The van der Waals surface area contributed by atoms with E-state index in [9.17, 15) is 9.59 Å². The highest BCUT2D eigenvalue weighted by Crippen LogP contribution is 2.27. The lowest BCUT2D eigenvalue weighted by Gasteiger charge is -2.38. The molecule has 138 valence electrons. The molecule has 2 rings (SSSR count). The van der Waals surface area contributed by atoms with Crippen molar-refractivity contribution in [3.63, 3.8) is 0 Å². The second-order valence-corrected chi connectivity index (χ2v) is 7.11. The van der Waals surface area contributed by atoms with Crippen molar-refractivity contribution in [3.8, 4) is 0 Å². The van der Waals surface area contributed by atoms with Crippen LogP contribution in [-0.4, -0.2) is 71.9 Å². The summed E-state index contributed by atoms with van der Waals surface area (Å²) >= 11 is 0. The summed E-state index contributed by atoms with van der Waals surface area (Å²) < 4.78 is 0. The fourth-order valence-electron chi connectivity index (χ4n) is 3.93. The number of nitrogens with two attached hydrogens (primary N) is 1. The van der Waals surface area contributed by atoms with E-state index >= 15 is 0 Å². The Morgan fingerprint density at radius 3 is 2.08 bits per heavy atom. The lowest BCUT2D eigenvalue weighted by Crippen LogP contribution is -2.56. The Hall–Kier alpha value is -1.30. The molecule has 0 radical (unpaired) electrons. The van der Waals surface area contributed by atoms with E-state index in [0.717, 1.165) is 19.5 Å². The lowest BCUT2D eigenvalue weighted by molar-refractivity contribution is -0.134. The molecule has 6 nitrogen and oxygen atoms in total. The molecule has 1 saturated carbocycles. The fourth-order valence-corrected chi connectivity index (χ4v) is 3.93. The predicted octanol–water partition coefficient (Wildman–Crippen LogP) is 1.89. The zero-order valence-corrected chi connectivity index (χ0v) is 15.4. The highest BCUT2D eigenvalue weighted by molar-refractivity contribution is 5.82. The van der Waals surface area contributed by atoms with Crippen molar-refractivity contribution in [2.45, 2.75) is 58.4 Å². The smallest absolute Gasteiger partial charge is 0.320 e. The number of hydrogen-bond donors (Lipinski definition) is 1. The predicted molar refractivity (Wildman–Crippen MR) is 95.6 cm³/mol. The Labute approximate surface area is 146 Å². The van der Waals surface area contributed by atoms with Crippen LogP contribution in [0.15, 0.2) is 0 Å². The third-order valence-corrected chi connectivity index (χ3v) is 5.53. The summed E-state index contributed by atoms with van der Waals surface area (Å²) in [6.45, 7) is 7.85. The minimum atomic E-state index is -0.377. The largest absolute Gasteiger partial charge is 0.338 e. The first-order chi connectivity index (χ1) is 11.6. The van der Waals surface area contributed by atoms with Crippen molar-refractivity contribution in [1.29, 1.82) is 0 Å². The van der Waals surface area contributed by atoms with Crippen LogP contribution in [0.1, 0.15) is 52.4 Å². The third-order valence-electron chi connectivity index (χ3n) is 5.53. The van der Waals surface area contributed by atoms with Crippen molar-refractivity contribution in [3.05, 3.63) is 0 Å². The Morgan fingerprint density at radius 2 is 1.54 bits per heavy atom. The van der Waals surface area contributed by atoms with Crippen molar-refractivity contribution in [1.82, 2.24) is 14.7 Å². The van der Waals surface area contributed by atoms with Gasteiger partial charge < -0.3 is 20.4 Å². The summed E-state index contributed by atoms with van der Waals surface area (Å²) in [4.78, 5) is 30.5. The number of rotatable bonds is 5. The number of hydrogen-bond acceptors (Lipinski definition) is 3. The SMILES string of the molecule is CCN(CC)C(=O)N1CCN(C(=O)C(N)CC2CCCCC2)CC1. The number of piperazine rings is 1. The van der Waals surface area contributed by atoms with Gasteiger partial charge in [0.2, 0.25) is 5.91 Å². The van der Waals surface area contributed by atoms with Gasteiger partial charge in [0.25, 0.3) is 0 Å². The van der Waals surface area contributed by atoms with Crippen LogP contribution >= 0.6 is 0 Å². The molecular formula is C18H34N4O2. The molecule has 1 aliphatic heterocycles. The molecule has 2 N–H and O–H groups in total. The van der Waals surface area contributed by atoms with Gasteiger partial charge in [0.1, 0.15) is 0 Å². The average molecular weight is 338 g/mol. The van der Waals surface area contributed by atoms with E-state index in [1.54, 1.807) is 0 Å². The fraction of sp³-hybridized carbons (Fsp3) is 0.889. The summed E-state index contributed by atoms with van der Waals surface area (Å²) in [7, 11) is 0. The van der Waals surface area contributed by atoms with Crippen LogP contribution in [0, 0.1) is 5.92 Å². The number of nitrogens with zero attached hydrogens (tertiary/aromatic N) is 3. The van der Waals surface area contributed by atoms with E-state index in [4.69, 9.17) is 5.73 Å². The minimum Gasteiger partial charge on any atom is -0.338 e. The van der Waals surface area contributed by atoms with Crippen LogP contribution in [0.5, 0.6) is 0 Å². The maximum atomic E-state index is 12.6. The van der Waals surface area contributed by atoms with E-state index in [1.165, 1.54) is 32.1 Å². The Bertz CT molecular complexity index is 411. The van der Waals surface area contributed by atoms with E-state index in [-0.39, 0.29) is 18.0 Å². The van der Waals surface area contributed by atoms with E-state index in [2.05, 4.69) is 0 Å². The molecule has 6 heteroatoms. The van der Waals surface area contributed by atoms with Crippen LogP contribution < -0.4 is 5.73 Å². The quantitative estimate of drug-likeness (QED) is 0.832. The topological polar surface area (TPSA) is 69.9 Å². The first kappa shape index (κ1) is 19.0. The zero-order chi connectivity index (χ0) is 17.5. The van der Waals surface area contributed by atoms with Gasteiger partial charge in [-0.2, -0.15) is 0 Å². The van der Waals surface area contributed by atoms with E-state index < -0.39 is 0 Å². The second kappa shape index (κ2) is 9.25. The van der Waals surface area contributed by atoms with Gasteiger partial charge in [-0.15, -0.1) is 0 Å². The maximum Gasteiger partial charge on any atom is 0.320 e. The summed E-state index contributed by atoms with van der Waals surface area (Å²) in [5.41, 5.74) is 6.18. The molecule has 1 heterocycles. The average Bonchev–Trinajstić information content (AvgIpc) is 2.63. The zero-order valence-electron chi connectivity index (χ0n) is 15.4. The molecule has 1 unspecified atom stereocenters. The molecule has 1 atom stereocenters. The molecule has 24 heavy (non-hydrogen) atoms. The maximum absolute atomic E-state index is 12.6. The molecule has 0 aromatic carbocycles. The molecule has 3 amide bonds. The summed E-state index contributed by atoms with van der Waals surface area (Å²) in [6.07, 6.45) is 7.12. The Balaban J connectivity index is 1.78. The first-order valence-electron chi connectivity index (χ1n) is 9.65. The Morgan fingerprint density at radius 1 is 1.00 bits per heavy atom. The standard InChI is InChI=1S/C18H34N4O2/c1-3-20(4-2)18(24)22-12-10-21(11-13-22)17(23)16(19)14-15-8-6-5-7-9-15/h15-16H,3-14,19H2,1-2H3. The van der Waals surface area contributed by atoms with Gasteiger partial charge in [-0.05, 0) is 26.2 Å². The molecule has 2 fully saturated rings. The van der Waals surface area contributed by atoms with Gasteiger partial charge in [0.15, 0.2) is 0 Å². The lowest BCUT2D eigenvalue weighted by atomic mass is 9.84. The van der Waals surface area contributed by atoms with E-state index in [0.29, 0.717) is 32.1 Å². The van der Waals surface area contributed by atoms with Crippen molar-refractivity contribution in [2.75, 3.05) is 39.3 Å². The van der Waals surface area contributed by atoms with Crippen LogP contribution in [0.3, 0.4) is 0 Å². The van der Waals surface area contributed by atoms with Crippen molar-refractivity contribution < 1.29 is 9.59 Å². The van der Waals surface area contributed by atoms with Crippen LogP contribution in [0.4, 0.5) is 4.79 Å². The summed E-state index contributed by atoms with van der Waals surface area (Å²) in [6, 6.07) is -0.295. The van der Waals surface area contributed by atoms with Gasteiger partial charge in [-0.1, -0.05) is 32.1 Å². The normalized spacial score (nSPS) is 20.8. The highest BCUT2D eigenvalue weighted by atomic mass is 16.2. The first-order valence-corrected chi connectivity index (χ1v) is 9.65. The molecule has 0 aromatic rings. The molecular weight excluding hydrogens is 304 g/mol. The van der Waals surface area contributed by atoms with Crippen molar-refractivity contribution >= 4 is 11.9 Å². The molecule has 0 bridgehead atoms. The van der Waals surface area contributed by atoms with Gasteiger partial charge in [0.05, 0.1) is 6.04 Å². The minimum absolute atomic E-state index is 0.0653. The van der Waals surface area contributed by atoms with Gasteiger partial charge in [0, 0.05) is 39.3 Å². The van der Waals surface area contributed by atoms with Crippen LogP contribution in [-0.2, 0) is 4.79 Å². The van der Waals surface area contributed by atoms with Crippen LogP contribution in [0.2, 0.25) is 0 Å². The number of urea groups is 1. The molecule has 0 aromatic heterocycles. The highest BCUT2D eigenvalue weighted by Gasteiger charge is 2.29. The molecule has 2 aliphatic rings. The van der Waals surface area contributed by atoms with E-state index in [1.807, 2.05) is 28.5 Å². The number of carbonyl (C=O) groups excluding carboxylic acids is 2. The molecule has 0 spiro atoms.